The average Bonchev–Trinajstić information content (AvgIpc) is 2.14. The molecule has 0 spiro atoms. The van der Waals surface area contributed by atoms with E-state index in [1.54, 1.807) is 6.92 Å². The first-order valence-electron chi connectivity index (χ1n) is 5.70. The van der Waals surface area contributed by atoms with E-state index in [1.807, 2.05) is 0 Å². The number of ketones is 2. The summed E-state index contributed by atoms with van der Waals surface area (Å²) in [4.78, 5) is 34.8. The largest absolute Gasteiger partial charge is 0.460 e. The minimum Gasteiger partial charge on any atom is -0.460 e. The highest BCUT2D eigenvalue weighted by atomic mass is 16.5. The first kappa shape index (κ1) is 11.3. The zero-order chi connectivity index (χ0) is 11.9. The molecule has 0 saturated heterocycles. The first-order chi connectivity index (χ1) is 7.47. The van der Waals surface area contributed by atoms with E-state index >= 15 is 0 Å². The fraction of sp³-hybridized carbons (Fsp3) is 0.750. The Balaban J connectivity index is 2.07. The molecule has 1 unspecified atom stereocenters. The van der Waals surface area contributed by atoms with E-state index in [1.165, 1.54) is 0 Å². The first-order valence-corrected chi connectivity index (χ1v) is 5.70. The van der Waals surface area contributed by atoms with Gasteiger partial charge in [0, 0.05) is 6.42 Å². The van der Waals surface area contributed by atoms with Gasteiger partial charge in [-0.15, -0.1) is 0 Å². The number of ether oxygens (including phenoxy) is 1. The maximum absolute atomic E-state index is 11.8. The molecule has 4 nitrogen and oxygen atoms in total. The van der Waals surface area contributed by atoms with E-state index in [9.17, 15) is 14.4 Å². The van der Waals surface area contributed by atoms with Crippen LogP contribution in [0.1, 0.15) is 33.1 Å². The zero-order valence-electron chi connectivity index (χ0n) is 9.62. The molecule has 3 aliphatic rings. The third kappa shape index (κ3) is 1.66. The van der Waals surface area contributed by atoms with Gasteiger partial charge in [0.15, 0.2) is 0 Å². The summed E-state index contributed by atoms with van der Waals surface area (Å²) >= 11 is 0. The maximum atomic E-state index is 11.8. The Morgan fingerprint density at radius 2 is 2.06 bits per heavy atom. The summed E-state index contributed by atoms with van der Waals surface area (Å²) < 4.78 is 4.66. The zero-order valence-corrected chi connectivity index (χ0v) is 9.62. The summed E-state index contributed by atoms with van der Waals surface area (Å²) in [6.07, 6.45) is 2.20. The van der Waals surface area contributed by atoms with Crippen LogP contribution < -0.4 is 0 Å². The molecule has 0 radical (unpaired) electrons. The van der Waals surface area contributed by atoms with Crippen LogP contribution >= 0.6 is 0 Å². The molecule has 0 aliphatic heterocycles. The molecule has 16 heavy (non-hydrogen) atoms. The SMILES string of the molecule is CCOC(=O)C(=O)C1C(=O)CC2(C)CC1C2. The molecule has 3 rings (SSSR count). The fourth-order valence-electron chi connectivity index (χ4n) is 3.07. The van der Waals surface area contributed by atoms with Crippen LogP contribution in [0.25, 0.3) is 0 Å². The number of hydrogen-bond acceptors (Lipinski definition) is 4. The number of carbonyl (C=O) groups is 3. The third-order valence-corrected chi connectivity index (χ3v) is 3.69. The van der Waals surface area contributed by atoms with Crippen LogP contribution in [0.15, 0.2) is 0 Å². The van der Waals surface area contributed by atoms with Crippen molar-refractivity contribution in [1.29, 1.82) is 0 Å². The molecule has 0 amide bonds. The average molecular weight is 224 g/mol. The Labute approximate surface area is 94.3 Å². The molecule has 1 atom stereocenters. The highest BCUT2D eigenvalue weighted by Crippen LogP contribution is 2.56. The van der Waals surface area contributed by atoms with E-state index in [-0.39, 0.29) is 23.7 Å². The monoisotopic (exact) mass is 224 g/mol. The number of fused-ring (bicyclic) bond motifs is 2. The molecule has 0 aromatic rings. The fourth-order valence-corrected chi connectivity index (χ4v) is 3.07. The van der Waals surface area contributed by atoms with Gasteiger partial charge in [-0.25, -0.2) is 4.79 Å². The minimum atomic E-state index is -0.851. The summed E-state index contributed by atoms with van der Waals surface area (Å²) in [7, 11) is 0. The molecule has 3 aliphatic carbocycles. The molecule has 3 saturated carbocycles. The van der Waals surface area contributed by atoms with Crippen LogP contribution in [0, 0.1) is 17.3 Å². The number of carbonyl (C=O) groups excluding carboxylic acids is 3. The Kier molecular flexibility index (Phi) is 2.60. The van der Waals surface area contributed by atoms with Gasteiger partial charge in [0.25, 0.3) is 5.78 Å². The Bertz CT molecular complexity index is 352. The van der Waals surface area contributed by atoms with Crippen LogP contribution in [0.3, 0.4) is 0 Å². The predicted molar refractivity (Wildman–Crippen MR) is 55.6 cm³/mol. The second-order valence-corrected chi connectivity index (χ2v) is 5.18. The molecular formula is C12H16O4. The molecular weight excluding hydrogens is 208 g/mol. The van der Waals surface area contributed by atoms with Crippen molar-refractivity contribution in [3.05, 3.63) is 0 Å². The molecule has 0 aromatic carbocycles. The topological polar surface area (TPSA) is 60.4 Å². The second kappa shape index (κ2) is 3.68. The number of rotatable bonds is 3. The minimum absolute atomic E-state index is 0.0724. The van der Waals surface area contributed by atoms with Gasteiger partial charge < -0.3 is 4.74 Å². The van der Waals surface area contributed by atoms with Crippen molar-refractivity contribution in [1.82, 2.24) is 0 Å². The van der Waals surface area contributed by atoms with E-state index in [0.717, 1.165) is 12.8 Å². The van der Waals surface area contributed by atoms with Crippen LogP contribution in [0.4, 0.5) is 0 Å². The van der Waals surface area contributed by atoms with Crippen LogP contribution in [-0.2, 0) is 19.1 Å². The van der Waals surface area contributed by atoms with Crippen LogP contribution in [0.2, 0.25) is 0 Å². The molecule has 0 aromatic heterocycles. The number of hydrogen-bond donors (Lipinski definition) is 0. The standard InChI is InChI=1S/C12H16O4/c1-3-16-11(15)10(14)9-7-4-12(2,5-7)6-8(9)13/h7,9H,3-6H2,1-2H3. The van der Waals surface area contributed by atoms with E-state index < -0.39 is 17.7 Å². The van der Waals surface area contributed by atoms with Crippen molar-refractivity contribution >= 4 is 17.5 Å². The normalized spacial score (nSPS) is 36.5. The van der Waals surface area contributed by atoms with E-state index in [2.05, 4.69) is 11.7 Å². The summed E-state index contributed by atoms with van der Waals surface area (Å²) in [6, 6.07) is 0. The number of esters is 1. The van der Waals surface area contributed by atoms with Gasteiger partial charge >= 0.3 is 5.97 Å². The van der Waals surface area contributed by atoms with Gasteiger partial charge in [-0.2, -0.15) is 0 Å². The van der Waals surface area contributed by atoms with Gasteiger partial charge in [-0.05, 0) is 31.1 Å². The Morgan fingerprint density at radius 1 is 1.44 bits per heavy atom. The Morgan fingerprint density at radius 3 is 2.56 bits per heavy atom. The predicted octanol–water partition coefficient (Wildman–Crippen LogP) is 1.12. The van der Waals surface area contributed by atoms with Crippen molar-refractivity contribution in [2.24, 2.45) is 17.3 Å². The molecule has 3 fully saturated rings. The summed E-state index contributed by atoms with van der Waals surface area (Å²) in [6.45, 7) is 3.88. The molecule has 2 bridgehead atoms. The maximum Gasteiger partial charge on any atom is 0.375 e. The lowest BCUT2D eigenvalue weighted by molar-refractivity contribution is -0.164. The highest BCUT2D eigenvalue weighted by Gasteiger charge is 2.55. The van der Waals surface area contributed by atoms with Gasteiger partial charge in [0.2, 0.25) is 0 Å². The van der Waals surface area contributed by atoms with Crippen molar-refractivity contribution in [2.45, 2.75) is 33.1 Å². The lowest BCUT2D eigenvalue weighted by Crippen LogP contribution is -2.53. The van der Waals surface area contributed by atoms with Crippen LogP contribution in [-0.4, -0.2) is 24.1 Å². The van der Waals surface area contributed by atoms with Gasteiger partial charge in [-0.3, -0.25) is 9.59 Å². The van der Waals surface area contributed by atoms with E-state index in [0.29, 0.717) is 6.42 Å². The van der Waals surface area contributed by atoms with Crippen LogP contribution in [0.5, 0.6) is 0 Å². The summed E-state index contributed by atoms with van der Waals surface area (Å²) in [5.41, 5.74) is 0.0905. The number of Topliss-reactive ketones (excluding diaryl/α,β-unsaturated/α-hetero) is 2. The van der Waals surface area contributed by atoms with E-state index in [4.69, 9.17) is 0 Å². The summed E-state index contributed by atoms with van der Waals surface area (Å²) in [5.74, 6) is -2.22. The van der Waals surface area contributed by atoms with Gasteiger partial charge in [0.05, 0.1) is 12.5 Å². The Hall–Kier alpha value is -1.19. The summed E-state index contributed by atoms with van der Waals surface area (Å²) in [5, 5.41) is 0. The lowest BCUT2D eigenvalue weighted by Gasteiger charge is -2.52. The smallest absolute Gasteiger partial charge is 0.375 e. The third-order valence-electron chi connectivity index (χ3n) is 3.69. The van der Waals surface area contributed by atoms with Crippen molar-refractivity contribution < 1.29 is 19.1 Å². The quantitative estimate of drug-likeness (QED) is 0.409. The molecule has 0 N–H and O–H groups in total. The van der Waals surface area contributed by atoms with Crippen molar-refractivity contribution in [2.75, 3.05) is 6.61 Å². The van der Waals surface area contributed by atoms with Gasteiger partial charge in [0.1, 0.15) is 5.78 Å². The second-order valence-electron chi connectivity index (χ2n) is 5.18. The molecule has 88 valence electrons. The highest BCUT2D eigenvalue weighted by molar-refractivity contribution is 6.38. The molecule has 0 heterocycles. The van der Waals surface area contributed by atoms with Crippen molar-refractivity contribution in [3.63, 3.8) is 0 Å². The van der Waals surface area contributed by atoms with Gasteiger partial charge in [-0.1, -0.05) is 6.92 Å². The molecule has 4 heteroatoms. The lowest BCUT2D eigenvalue weighted by atomic mass is 9.50. The van der Waals surface area contributed by atoms with Crippen molar-refractivity contribution in [3.8, 4) is 0 Å².